The van der Waals surface area contributed by atoms with Gasteiger partial charge in [-0.15, -0.1) is 0 Å². The van der Waals surface area contributed by atoms with E-state index in [1.165, 1.54) is 38.2 Å². The van der Waals surface area contributed by atoms with Crippen molar-refractivity contribution in [3.05, 3.63) is 29.8 Å². The first-order valence-electron chi connectivity index (χ1n) is 8.19. The van der Waals surface area contributed by atoms with Crippen LogP contribution in [0.4, 0.5) is 8.78 Å². The summed E-state index contributed by atoms with van der Waals surface area (Å²) in [5.41, 5.74) is 0.0113. The number of alkyl halides is 2. The standard InChI is InChI=1S/C16H22F2N4O4S/c1-15(21-24,14(23)20-2)13(19)11-3-5-12(6-4-11)27(25,26)22-9-7-16(17,18)8-10-22/h3-6,19,21,24H,7-10H2,1-2H3,(H,20,23). The molecule has 8 nitrogen and oxygen atoms in total. The van der Waals surface area contributed by atoms with Gasteiger partial charge in [0.1, 0.15) is 0 Å². The van der Waals surface area contributed by atoms with Gasteiger partial charge in [-0.3, -0.25) is 4.79 Å². The Balaban J connectivity index is 2.24. The van der Waals surface area contributed by atoms with E-state index >= 15 is 0 Å². The van der Waals surface area contributed by atoms with E-state index < -0.39 is 40.2 Å². The molecule has 27 heavy (non-hydrogen) atoms. The monoisotopic (exact) mass is 404 g/mol. The molecular weight excluding hydrogens is 382 g/mol. The van der Waals surface area contributed by atoms with E-state index in [9.17, 15) is 27.2 Å². The van der Waals surface area contributed by atoms with Crippen LogP contribution in [0.2, 0.25) is 0 Å². The summed E-state index contributed by atoms with van der Waals surface area (Å²) in [7, 11) is -2.58. The van der Waals surface area contributed by atoms with Gasteiger partial charge in [0.15, 0.2) is 5.54 Å². The van der Waals surface area contributed by atoms with E-state index in [1.807, 2.05) is 0 Å². The fraction of sp³-hybridized carbons (Fsp3) is 0.500. The molecule has 0 aromatic heterocycles. The molecule has 2 rings (SSSR count). The predicted octanol–water partition coefficient (Wildman–Crippen LogP) is 0.958. The molecule has 1 amide bonds. The highest BCUT2D eigenvalue weighted by molar-refractivity contribution is 7.89. The highest BCUT2D eigenvalue weighted by Crippen LogP contribution is 2.30. The second kappa shape index (κ2) is 7.58. The molecule has 0 bridgehead atoms. The van der Waals surface area contributed by atoms with Gasteiger partial charge in [0, 0.05) is 33.0 Å². The Kier molecular flexibility index (Phi) is 6.00. The van der Waals surface area contributed by atoms with Crippen molar-refractivity contribution in [2.75, 3.05) is 20.1 Å². The molecule has 0 radical (unpaired) electrons. The van der Waals surface area contributed by atoms with Crippen molar-refractivity contribution >= 4 is 21.6 Å². The zero-order chi connectivity index (χ0) is 20.5. The number of hydrogen-bond donors (Lipinski definition) is 4. The summed E-state index contributed by atoms with van der Waals surface area (Å²) in [6, 6.07) is 5.14. The van der Waals surface area contributed by atoms with Gasteiger partial charge in [-0.25, -0.2) is 17.2 Å². The topological polar surface area (TPSA) is 123 Å². The molecule has 1 fully saturated rings. The van der Waals surface area contributed by atoms with Gasteiger partial charge >= 0.3 is 0 Å². The van der Waals surface area contributed by atoms with E-state index in [0.717, 1.165) is 4.31 Å². The average Bonchev–Trinajstić information content (AvgIpc) is 2.65. The summed E-state index contributed by atoms with van der Waals surface area (Å²) in [6.07, 6.45) is -1.05. The highest BCUT2D eigenvalue weighted by Gasteiger charge is 2.39. The molecule has 1 aliphatic rings. The first kappa shape index (κ1) is 21.4. The number of benzene rings is 1. The molecule has 0 saturated carbocycles. The first-order valence-corrected chi connectivity index (χ1v) is 9.63. The van der Waals surface area contributed by atoms with Crippen molar-refractivity contribution in [2.45, 2.75) is 36.1 Å². The summed E-state index contributed by atoms with van der Waals surface area (Å²) in [6.45, 7) is 0.763. The zero-order valence-electron chi connectivity index (χ0n) is 14.9. The predicted molar refractivity (Wildman–Crippen MR) is 93.6 cm³/mol. The van der Waals surface area contributed by atoms with Gasteiger partial charge in [-0.05, 0) is 24.6 Å². The van der Waals surface area contributed by atoms with Crippen LogP contribution in [0.3, 0.4) is 0 Å². The average molecular weight is 404 g/mol. The number of piperidine rings is 1. The van der Waals surface area contributed by atoms with Crippen LogP contribution in [0.5, 0.6) is 0 Å². The second-order valence-corrected chi connectivity index (χ2v) is 8.41. The van der Waals surface area contributed by atoms with Crippen LogP contribution >= 0.6 is 0 Å². The number of nitrogens with zero attached hydrogens (tertiary/aromatic N) is 1. The van der Waals surface area contributed by atoms with Gasteiger partial charge in [-0.1, -0.05) is 12.1 Å². The van der Waals surface area contributed by atoms with Crippen LogP contribution in [-0.2, 0) is 14.8 Å². The third-order valence-corrected chi connectivity index (χ3v) is 6.55. The number of halogens is 2. The Bertz CT molecular complexity index is 819. The number of hydrogen-bond acceptors (Lipinski definition) is 6. The minimum atomic E-state index is -3.93. The lowest BCUT2D eigenvalue weighted by molar-refractivity contribution is -0.127. The molecule has 4 N–H and O–H groups in total. The van der Waals surface area contributed by atoms with Crippen LogP contribution in [0, 0.1) is 5.41 Å². The smallest absolute Gasteiger partial charge is 0.250 e. The van der Waals surface area contributed by atoms with E-state index in [4.69, 9.17) is 5.41 Å². The van der Waals surface area contributed by atoms with Crippen molar-refractivity contribution in [1.29, 1.82) is 5.41 Å². The lowest BCUT2D eigenvalue weighted by atomic mass is 9.90. The summed E-state index contributed by atoms with van der Waals surface area (Å²) in [5, 5.41) is 19.8. The molecule has 0 spiro atoms. The van der Waals surface area contributed by atoms with Crippen molar-refractivity contribution in [1.82, 2.24) is 15.1 Å². The van der Waals surface area contributed by atoms with Crippen molar-refractivity contribution < 1.29 is 27.2 Å². The molecular formula is C16H22F2N4O4S. The first-order chi connectivity index (χ1) is 12.5. The van der Waals surface area contributed by atoms with Gasteiger partial charge in [0.2, 0.25) is 15.9 Å². The normalized spacial score (nSPS) is 19.9. The van der Waals surface area contributed by atoms with Gasteiger partial charge in [-0.2, -0.15) is 9.79 Å². The van der Waals surface area contributed by atoms with Crippen LogP contribution in [-0.4, -0.2) is 61.1 Å². The van der Waals surface area contributed by atoms with E-state index in [2.05, 4.69) is 5.32 Å². The summed E-state index contributed by atoms with van der Waals surface area (Å²) >= 11 is 0. The maximum atomic E-state index is 13.2. The Labute approximate surface area is 156 Å². The Hall–Kier alpha value is -1.95. The minimum absolute atomic E-state index is 0.0946. The van der Waals surface area contributed by atoms with Crippen LogP contribution in [0.15, 0.2) is 29.2 Å². The fourth-order valence-corrected chi connectivity index (χ4v) is 4.20. The molecule has 150 valence electrons. The minimum Gasteiger partial charge on any atom is -0.357 e. The number of carbonyl (C=O) groups excluding carboxylic acids is 1. The third-order valence-electron chi connectivity index (χ3n) is 4.64. The quantitative estimate of drug-likeness (QED) is 0.415. The Morgan fingerprint density at radius 3 is 2.22 bits per heavy atom. The lowest BCUT2D eigenvalue weighted by Crippen LogP contribution is -2.58. The number of hydroxylamine groups is 1. The van der Waals surface area contributed by atoms with E-state index in [1.54, 1.807) is 5.48 Å². The number of sulfonamides is 1. The zero-order valence-corrected chi connectivity index (χ0v) is 15.7. The van der Waals surface area contributed by atoms with Gasteiger partial charge in [0.05, 0.1) is 10.6 Å². The summed E-state index contributed by atoms with van der Waals surface area (Å²) < 4.78 is 52.7. The fourth-order valence-electron chi connectivity index (χ4n) is 2.76. The maximum Gasteiger partial charge on any atom is 0.250 e. The number of nitrogens with one attached hydrogen (secondary N) is 3. The maximum absolute atomic E-state index is 13.2. The number of likely N-dealkylation sites (N-methyl/N-ethyl adjacent to an activating group) is 1. The molecule has 1 atom stereocenters. The van der Waals surface area contributed by atoms with Crippen LogP contribution < -0.4 is 10.8 Å². The third kappa shape index (κ3) is 4.15. The molecule has 1 aromatic rings. The van der Waals surface area contributed by atoms with Crippen LogP contribution in [0.25, 0.3) is 0 Å². The lowest BCUT2D eigenvalue weighted by Gasteiger charge is -2.31. The largest absolute Gasteiger partial charge is 0.357 e. The molecule has 1 heterocycles. The van der Waals surface area contributed by atoms with Gasteiger partial charge in [0.25, 0.3) is 5.92 Å². The molecule has 1 aromatic carbocycles. The van der Waals surface area contributed by atoms with Crippen molar-refractivity contribution in [3.8, 4) is 0 Å². The van der Waals surface area contributed by atoms with Gasteiger partial charge < -0.3 is 15.9 Å². The Morgan fingerprint density at radius 1 is 1.26 bits per heavy atom. The number of amides is 1. The van der Waals surface area contributed by atoms with E-state index in [0.29, 0.717) is 0 Å². The Morgan fingerprint density at radius 2 is 1.78 bits per heavy atom. The second-order valence-electron chi connectivity index (χ2n) is 6.48. The number of rotatable bonds is 6. The summed E-state index contributed by atoms with van der Waals surface area (Å²) in [5.74, 6) is -3.51. The highest BCUT2D eigenvalue weighted by atomic mass is 32.2. The molecule has 1 unspecified atom stereocenters. The van der Waals surface area contributed by atoms with Crippen LogP contribution in [0.1, 0.15) is 25.3 Å². The molecule has 0 aliphatic carbocycles. The van der Waals surface area contributed by atoms with Crippen molar-refractivity contribution in [3.63, 3.8) is 0 Å². The number of carbonyl (C=O) groups is 1. The summed E-state index contributed by atoms with van der Waals surface area (Å²) in [4.78, 5) is 11.8. The van der Waals surface area contributed by atoms with E-state index in [-0.39, 0.29) is 29.3 Å². The van der Waals surface area contributed by atoms with Crippen molar-refractivity contribution in [2.24, 2.45) is 0 Å². The molecule has 1 aliphatic heterocycles. The molecule has 1 saturated heterocycles. The SMILES string of the molecule is CNC(=O)C(C)(NO)C(=N)c1ccc(S(=O)(=O)N2CCC(F)(F)CC2)cc1. The molecule has 11 heteroatoms.